The van der Waals surface area contributed by atoms with Gasteiger partial charge in [0, 0.05) is 6.42 Å². The molecule has 0 aliphatic carbocycles. The molecule has 0 aliphatic heterocycles. The predicted octanol–water partition coefficient (Wildman–Crippen LogP) is 1.94. The molecule has 0 spiro atoms. The lowest BCUT2D eigenvalue weighted by atomic mass is 9.94. The first kappa shape index (κ1) is 31.9. The third-order valence-electron chi connectivity index (χ3n) is 6.68. The van der Waals surface area contributed by atoms with Crippen LogP contribution in [0.1, 0.15) is 66.4 Å². The molecule has 1 aromatic rings. The molecule has 6 atom stereocenters. The van der Waals surface area contributed by atoms with Crippen LogP contribution in [0, 0.1) is 17.8 Å². The highest BCUT2D eigenvalue weighted by Gasteiger charge is 2.33. The lowest BCUT2D eigenvalue weighted by molar-refractivity contribution is -0.142. The Hall–Kier alpha value is -3.14. The minimum atomic E-state index is -1.23. The smallest absolute Gasteiger partial charge is 0.326 e. The summed E-state index contributed by atoms with van der Waals surface area (Å²) in [5.74, 6) is -3.03. The van der Waals surface area contributed by atoms with Crippen LogP contribution in [0.2, 0.25) is 0 Å². The summed E-state index contributed by atoms with van der Waals surface area (Å²) in [6.07, 6.45) is 1.59. The van der Waals surface area contributed by atoms with Crippen molar-refractivity contribution in [3.63, 3.8) is 0 Å². The fourth-order valence-electron chi connectivity index (χ4n) is 3.77. The molecule has 10 nitrogen and oxygen atoms in total. The summed E-state index contributed by atoms with van der Waals surface area (Å²) >= 11 is 0. The molecule has 208 valence electrons. The molecule has 37 heavy (non-hydrogen) atoms. The Morgan fingerprint density at radius 2 is 1.35 bits per heavy atom. The Morgan fingerprint density at radius 3 is 1.84 bits per heavy atom. The van der Waals surface area contributed by atoms with Crippen molar-refractivity contribution in [2.24, 2.45) is 23.5 Å². The lowest BCUT2D eigenvalue weighted by Crippen LogP contribution is -2.59. The number of amides is 3. The van der Waals surface area contributed by atoms with Gasteiger partial charge in [0.05, 0.1) is 6.04 Å². The van der Waals surface area contributed by atoms with E-state index in [9.17, 15) is 29.4 Å². The van der Waals surface area contributed by atoms with E-state index >= 15 is 0 Å². The molecule has 0 aliphatic rings. The highest BCUT2D eigenvalue weighted by Crippen LogP contribution is 2.14. The van der Waals surface area contributed by atoms with Gasteiger partial charge < -0.3 is 31.9 Å². The summed E-state index contributed by atoms with van der Waals surface area (Å²) in [7, 11) is 0. The number of carboxylic acids is 1. The number of aromatic hydroxyl groups is 1. The Balaban J connectivity index is 3.05. The van der Waals surface area contributed by atoms with Crippen LogP contribution in [-0.2, 0) is 25.6 Å². The van der Waals surface area contributed by atoms with Crippen LogP contribution < -0.4 is 21.7 Å². The molecular formula is C27H44N4O6. The average Bonchev–Trinajstić information content (AvgIpc) is 2.85. The number of carbonyl (C=O) groups excluding carboxylic acids is 3. The van der Waals surface area contributed by atoms with E-state index in [1.807, 2.05) is 41.5 Å². The van der Waals surface area contributed by atoms with Crippen molar-refractivity contribution in [2.75, 3.05) is 0 Å². The van der Waals surface area contributed by atoms with Crippen molar-refractivity contribution < 1.29 is 29.4 Å². The highest BCUT2D eigenvalue weighted by atomic mass is 16.4. The molecule has 1 aromatic carbocycles. The van der Waals surface area contributed by atoms with Crippen LogP contribution in [0.4, 0.5) is 0 Å². The van der Waals surface area contributed by atoms with E-state index in [0.717, 1.165) is 0 Å². The number of phenols is 1. The van der Waals surface area contributed by atoms with Crippen LogP contribution in [-0.4, -0.2) is 58.1 Å². The standard InChI is InChI=1S/C27H44N4O6/c1-7-16(5)22(28)25(34)31-23(17(6)8-2)26(35)29-20(13-15(3)4)24(33)30-21(27(36)37)14-18-9-11-19(32)12-10-18/h9-12,15-17,20-23,32H,7-8,13-14,28H2,1-6H3,(H,29,35)(H,30,33)(H,31,34)(H,36,37). The van der Waals surface area contributed by atoms with Crippen LogP contribution in [0.5, 0.6) is 5.75 Å². The van der Waals surface area contributed by atoms with Gasteiger partial charge in [-0.05, 0) is 41.9 Å². The number of nitrogens with one attached hydrogen (secondary N) is 3. The fraction of sp³-hybridized carbons (Fsp3) is 0.630. The monoisotopic (exact) mass is 520 g/mol. The zero-order valence-corrected chi connectivity index (χ0v) is 22.8. The minimum absolute atomic E-state index is 0.00273. The third kappa shape index (κ3) is 10.4. The first-order valence-corrected chi connectivity index (χ1v) is 13.0. The molecule has 6 unspecified atom stereocenters. The Labute approximate surface area is 219 Å². The topological polar surface area (TPSA) is 171 Å². The summed E-state index contributed by atoms with van der Waals surface area (Å²) in [4.78, 5) is 51.0. The van der Waals surface area contributed by atoms with Crippen molar-refractivity contribution in [3.8, 4) is 5.75 Å². The van der Waals surface area contributed by atoms with Gasteiger partial charge in [-0.1, -0.05) is 66.5 Å². The van der Waals surface area contributed by atoms with Gasteiger partial charge in [-0.25, -0.2) is 4.79 Å². The van der Waals surface area contributed by atoms with Crippen molar-refractivity contribution in [1.29, 1.82) is 0 Å². The average molecular weight is 521 g/mol. The van der Waals surface area contributed by atoms with E-state index < -0.39 is 47.9 Å². The van der Waals surface area contributed by atoms with Gasteiger partial charge in [-0.3, -0.25) is 14.4 Å². The number of nitrogens with two attached hydrogens (primary N) is 1. The van der Waals surface area contributed by atoms with Gasteiger partial charge in [0.1, 0.15) is 23.9 Å². The zero-order chi connectivity index (χ0) is 28.3. The van der Waals surface area contributed by atoms with Gasteiger partial charge in [0.25, 0.3) is 0 Å². The second-order valence-corrected chi connectivity index (χ2v) is 10.2. The number of benzene rings is 1. The van der Waals surface area contributed by atoms with Crippen molar-refractivity contribution in [2.45, 2.75) is 91.4 Å². The number of phenolic OH excluding ortho intramolecular Hbond substituents is 1. The Kier molecular flexibility index (Phi) is 13.1. The van der Waals surface area contributed by atoms with Gasteiger partial charge in [0.2, 0.25) is 17.7 Å². The quantitative estimate of drug-likeness (QED) is 0.205. The largest absolute Gasteiger partial charge is 0.508 e. The van der Waals surface area contributed by atoms with Crippen molar-refractivity contribution >= 4 is 23.7 Å². The van der Waals surface area contributed by atoms with E-state index in [-0.39, 0.29) is 36.3 Å². The van der Waals surface area contributed by atoms with E-state index in [4.69, 9.17) is 5.73 Å². The van der Waals surface area contributed by atoms with Gasteiger partial charge in [0.15, 0.2) is 0 Å². The van der Waals surface area contributed by atoms with E-state index in [0.29, 0.717) is 18.4 Å². The fourth-order valence-corrected chi connectivity index (χ4v) is 3.77. The van der Waals surface area contributed by atoms with Crippen molar-refractivity contribution in [1.82, 2.24) is 16.0 Å². The SMILES string of the molecule is CCC(C)C(N)C(=O)NC(C(=O)NC(CC(C)C)C(=O)NC(Cc1ccc(O)cc1)C(=O)O)C(C)CC. The molecule has 0 heterocycles. The van der Waals surface area contributed by atoms with Gasteiger partial charge in [-0.15, -0.1) is 0 Å². The molecule has 0 bridgehead atoms. The maximum Gasteiger partial charge on any atom is 0.326 e. The molecule has 7 N–H and O–H groups in total. The Bertz CT molecular complexity index is 905. The number of hydrogen-bond acceptors (Lipinski definition) is 6. The molecule has 10 heteroatoms. The highest BCUT2D eigenvalue weighted by molar-refractivity contribution is 5.94. The summed E-state index contributed by atoms with van der Waals surface area (Å²) in [5, 5.41) is 27.2. The first-order chi connectivity index (χ1) is 17.3. The van der Waals surface area contributed by atoms with Crippen LogP contribution in [0.25, 0.3) is 0 Å². The van der Waals surface area contributed by atoms with Crippen LogP contribution >= 0.6 is 0 Å². The van der Waals surface area contributed by atoms with Gasteiger partial charge >= 0.3 is 5.97 Å². The maximum atomic E-state index is 13.3. The van der Waals surface area contributed by atoms with E-state index in [2.05, 4.69) is 16.0 Å². The normalized spacial score (nSPS) is 16.1. The first-order valence-electron chi connectivity index (χ1n) is 13.0. The van der Waals surface area contributed by atoms with Gasteiger partial charge in [-0.2, -0.15) is 0 Å². The number of carboxylic acid groups (broad SMARTS) is 1. The summed E-state index contributed by atoms with van der Waals surface area (Å²) in [6.45, 7) is 11.3. The van der Waals surface area contributed by atoms with Crippen molar-refractivity contribution in [3.05, 3.63) is 29.8 Å². The van der Waals surface area contributed by atoms with E-state index in [1.54, 1.807) is 12.1 Å². The van der Waals surface area contributed by atoms with Crippen LogP contribution in [0.3, 0.4) is 0 Å². The second kappa shape index (κ2) is 15.2. The second-order valence-electron chi connectivity index (χ2n) is 10.2. The molecule has 1 rings (SSSR count). The molecule has 0 aromatic heterocycles. The predicted molar refractivity (Wildman–Crippen MR) is 142 cm³/mol. The van der Waals surface area contributed by atoms with Crippen LogP contribution in [0.15, 0.2) is 24.3 Å². The molecule has 3 amide bonds. The van der Waals surface area contributed by atoms with E-state index in [1.165, 1.54) is 12.1 Å². The maximum absolute atomic E-state index is 13.3. The third-order valence-corrected chi connectivity index (χ3v) is 6.68. The molecule has 0 radical (unpaired) electrons. The number of aliphatic carboxylic acids is 1. The summed E-state index contributed by atoms with van der Waals surface area (Å²) in [5.41, 5.74) is 6.67. The molecule has 0 saturated carbocycles. The number of rotatable bonds is 15. The summed E-state index contributed by atoms with van der Waals surface area (Å²) in [6, 6.07) is 2.13. The Morgan fingerprint density at radius 1 is 0.811 bits per heavy atom. The molecule has 0 saturated heterocycles. The summed E-state index contributed by atoms with van der Waals surface area (Å²) < 4.78 is 0. The molecular weight excluding hydrogens is 476 g/mol. The zero-order valence-electron chi connectivity index (χ0n) is 22.8. The number of carbonyl (C=O) groups is 4. The lowest BCUT2D eigenvalue weighted by Gasteiger charge is -2.29. The number of hydrogen-bond donors (Lipinski definition) is 6. The molecule has 0 fully saturated rings. The minimum Gasteiger partial charge on any atom is -0.508 e.